The number of carbonyl (C=O) groups is 1. The van der Waals surface area contributed by atoms with Gasteiger partial charge in [0.05, 0.1) is 19.8 Å². The third kappa shape index (κ3) is 4.76. The van der Waals surface area contributed by atoms with Crippen molar-refractivity contribution in [2.24, 2.45) is 17.3 Å². The van der Waals surface area contributed by atoms with E-state index in [-0.39, 0.29) is 17.7 Å². The van der Waals surface area contributed by atoms with Gasteiger partial charge in [0.2, 0.25) is 0 Å². The highest BCUT2D eigenvalue weighted by molar-refractivity contribution is 5.81. The molecule has 1 aliphatic heterocycles. The Morgan fingerprint density at radius 1 is 1.16 bits per heavy atom. The Kier molecular flexibility index (Phi) is 7.01. The molecule has 1 aromatic rings. The van der Waals surface area contributed by atoms with Gasteiger partial charge in [-0.25, -0.2) is 0 Å². The summed E-state index contributed by atoms with van der Waals surface area (Å²) < 4.78 is 11.6. The van der Waals surface area contributed by atoms with E-state index in [1.54, 1.807) is 18.9 Å². The predicted octanol–water partition coefficient (Wildman–Crippen LogP) is 3.74. The van der Waals surface area contributed by atoms with Gasteiger partial charge in [-0.05, 0) is 62.1 Å². The van der Waals surface area contributed by atoms with Crippen LogP contribution in [0.15, 0.2) is 18.2 Å². The minimum Gasteiger partial charge on any atom is -0.493 e. The molecule has 3 fully saturated rings. The van der Waals surface area contributed by atoms with E-state index < -0.39 is 17.6 Å². The molecule has 1 heterocycles. The van der Waals surface area contributed by atoms with Crippen LogP contribution in [-0.4, -0.2) is 60.0 Å². The van der Waals surface area contributed by atoms with Crippen LogP contribution in [0.4, 0.5) is 0 Å². The first-order chi connectivity index (χ1) is 15.3. The molecule has 178 valence electrons. The van der Waals surface area contributed by atoms with Crippen LogP contribution < -0.4 is 9.47 Å². The minimum atomic E-state index is -0.944. The topological polar surface area (TPSA) is 79.2 Å². The summed E-state index contributed by atoms with van der Waals surface area (Å²) in [7, 11) is 1.64. The fraction of sp³-hybridized carbons (Fsp3) is 0.731. The largest absolute Gasteiger partial charge is 0.493 e. The van der Waals surface area contributed by atoms with Gasteiger partial charge in [0.15, 0.2) is 11.5 Å². The smallest absolute Gasteiger partial charge is 0.251 e. The Morgan fingerprint density at radius 2 is 1.88 bits per heavy atom. The molecule has 4 atom stereocenters. The zero-order chi connectivity index (χ0) is 22.9. The van der Waals surface area contributed by atoms with Crippen molar-refractivity contribution in [2.45, 2.75) is 76.9 Å². The van der Waals surface area contributed by atoms with Crippen molar-refractivity contribution >= 4 is 5.91 Å². The Balaban J connectivity index is 1.55. The van der Waals surface area contributed by atoms with Crippen molar-refractivity contribution in [2.75, 3.05) is 26.8 Å². The van der Waals surface area contributed by atoms with Gasteiger partial charge in [-0.2, -0.15) is 0 Å². The van der Waals surface area contributed by atoms with E-state index in [4.69, 9.17) is 9.47 Å². The third-order valence-corrected chi connectivity index (χ3v) is 8.11. The lowest BCUT2D eigenvalue weighted by atomic mass is 9.72. The standard InChI is InChI=1S/C26H39NO5/c1-17(28)26(2)16-27(25(30)24(29)19-7-5-4-6-8-19)14-21(26)20-11-12-22(31-3)23(13-20)32-15-18-9-10-18/h11-13,17-19,21,24,28-29H,4-10,14-16H2,1-3H3. The fourth-order valence-corrected chi connectivity index (χ4v) is 5.45. The molecular weight excluding hydrogens is 406 g/mol. The Morgan fingerprint density at radius 3 is 2.50 bits per heavy atom. The van der Waals surface area contributed by atoms with Crippen molar-refractivity contribution in [1.29, 1.82) is 0 Å². The summed E-state index contributed by atoms with van der Waals surface area (Å²) in [6.45, 7) is 5.45. The molecule has 6 nitrogen and oxygen atoms in total. The fourth-order valence-electron chi connectivity index (χ4n) is 5.45. The number of aliphatic hydroxyl groups excluding tert-OH is 2. The van der Waals surface area contributed by atoms with E-state index in [0.29, 0.717) is 31.4 Å². The maximum atomic E-state index is 13.2. The van der Waals surface area contributed by atoms with Crippen molar-refractivity contribution < 1.29 is 24.5 Å². The summed E-state index contributed by atoms with van der Waals surface area (Å²) in [5, 5.41) is 21.5. The molecule has 2 saturated carbocycles. The molecule has 6 heteroatoms. The highest BCUT2D eigenvalue weighted by Gasteiger charge is 2.49. The van der Waals surface area contributed by atoms with Gasteiger partial charge in [-0.1, -0.05) is 32.3 Å². The van der Waals surface area contributed by atoms with Gasteiger partial charge in [0, 0.05) is 24.4 Å². The number of methoxy groups -OCH3 is 1. The highest BCUT2D eigenvalue weighted by atomic mass is 16.5. The molecule has 1 saturated heterocycles. The second kappa shape index (κ2) is 9.60. The molecule has 0 aromatic heterocycles. The predicted molar refractivity (Wildman–Crippen MR) is 123 cm³/mol. The maximum absolute atomic E-state index is 13.2. The normalized spacial score (nSPS) is 28.4. The average Bonchev–Trinajstić information content (AvgIpc) is 3.57. The number of aliphatic hydroxyl groups is 2. The summed E-state index contributed by atoms with van der Waals surface area (Å²) in [5.74, 6) is 1.86. The van der Waals surface area contributed by atoms with Gasteiger partial charge < -0.3 is 24.6 Å². The number of hydrogen-bond acceptors (Lipinski definition) is 5. The van der Waals surface area contributed by atoms with Crippen LogP contribution in [0.2, 0.25) is 0 Å². The van der Waals surface area contributed by atoms with Crippen LogP contribution in [0.5, 0.6) is 11.5 Å². The number of carbonyl (C=O) groups excluding carboxylic acids is 1. The molecule has 2 aliphatic carbocycles. The highest BCUT2D eigenvalue weighted by Crippen LogP contribution is 2.47. The molecule has 0 spiro atoms. The maximum Gasteiger partial charge on any atom is 0.251 e. The van der Waals surface area contributed by atoms with Crippen molar-refractivity contribution in [1.82, 2.24) is 4.90 Å². The third-order valence-electron chi connectivity index (χ3n) is 8.11. The number of nitrogens with zero attached hydrogens (tertiary/aromatic N) is 1. The lowest BCUT2D eigenvalue weighted by Crippen LogP contribution is -2.44. The SMILES string of the molecule is COc1ccc(C2CN(C(=O)C(O)C3CCCCC3)CC2(C)C(C)O)cc1OCC1CC1. The van der Waals surface area contributed by atoms with Crippen LogP contribution >= 0.6 is 0 Å². The summed E-state index contributed by atoms with van der Waals surface area (Å²) in [6.07, 6.45) is 6.06. The lowest BCUT2D eigenvalue weighted by Gasteiger charge is -2.34. The average molecular weight is 446 g/mol. The molecule has 4 unspecified atom stereocenters. The number of benzene rings is 1. The Hall–Kier alpha value is -1.79. The van der Waals surface area contributed by atoms with E-state index in [2.05, 4.69) is 0 Å². The van der Waals surface area contributed by atoms with Crippen molar-refractivity contribution in [3.8, 4) is 11.5 Å². The zero-order valence-electron chi connectivity index (χ0n) is 19.8. The molecule has 0 radical (unpaired) electrons. The van der Waals surface area contributed by atoms with Crippen LogP contribution in [0.3, 0.4) is 0 Å². The van der Waals surface area contributed by atoms with Gasteiger partial charge in [-0.3, -0.25) is 4.79 Å². The van der Waals surface area contributed by atoms with Gasteiger partial charge in [0.1, 0.15) is 6.10 Å². The van der Waals surface area contributed by atoms with Gasteiger partial charge in [-0.15, -0.1) is 0 Å². The van der Waals surface area contributed by atoms with Crippen LogP contribution in [-0.2, 0) is 4.79 Å². The number of amides is 1. The molecule has 3 aliphatic rings. The first kappa shape index (κ1) is 23.4. The van der Waals surface area contributed by atoms with Gasteiger partial charge in [0.25, 0.3) is 5.91 Å². The first-order valence-electron chi connectivity index (χ1n) is 12.3. The lowest BCUT2D eigenvalue weighted by molar-refractivity contribution is -0.143. The number of likely N-dealkylation sites (tertiary alicyclic amines) is 1. The van der Waals surface area contributed by atoms with Crippen LogP contribution in [0.1, 0.15) is 70.3 Å². The molecule has 1 amide bonds. The van der Waals surface area contributed by atoms with Crippen LogP contribution in [0.25, 0.3) is 0 Å². The monoisotopic (exact) mass is 445 g/mol. The second-order valence-corrected chi connectivity index (χ2v) is 10.5. The first-order valence-corrected chi connectivity index (χ1v) is 12.3. The second-order valence-electron chi connectivity index (χ2n) is 10.5. The quantitative estimate of drug-likeness (QED) is 0.637. The van der Waals surface area contributed by atoms with E-state index in [1.807, 2.05) is 25.1 Å². The Labute approximate surface area is 191 Å². The summed E-state index contributed by atoms with van der Waals surface area (Å²) in [5.41, 5.74) is 0.520. The van der Waals surface area contributed by atoms with E-state index in [0.717, 1.165) is 37.0 Å². The zero-order valence-corrected chi connectivity index (χ0v) is 19.8. The molecule has 4 rings (SSSR count). The van der Waals surface area contributed by atoms with Crippen molar-refractivity contribution in [3.63, 3.8) is 0 Å². The number of ether oxygens (including phenoxy) is 2. The van der Waals surface area contributed by atoms with Crippen molar-refractivity contribution in [3.05, 3.63) is 23.8 Å². The van der Waals surface area contributed by atoms with Crippen LogP contribution in [0, 0.1) is 17.3 Å². The summed E-state index contributed by atoms with van der Waals surface area (Å²) >= 11 is 0. The van der Waals surface area contributed by atoms with Gasteiger partial charge >= 0.3 is 0 Å². The van der Waals surface area contributed by atoms with E-state index in [1.165, 1.54) is 19.3 Å². The molecule has 0 bridgehead atoms. The summed E-state index contributed by atoms with van der Waals surface area (Å²) in [6, 6.07) is 5.94. The minimum absolute atomic E-state index is 0.0523. The number of hydrogen-bond donors (Lipinski definition) is 2. The number of rotatable bonds is 8. The molecule has 32 heavy (non-hydrogen) atoms. The van der Waals surface area contributed by atoms with E-state index in [9.17, 15) is 15.0 Å². The molecule has 1 aromatic carbocycles. The molecule has 2 N–H and O–H groups in total. The summed E-state index contributed by atoms with van der Waals surface area (Å²) in [4.78, 5) is 15.0. The Bertz CT molecular complexity index is 801. The molecular formula is C26H39NO5. The van der Waals surface area contributed by atoms with E-state index >= 15 is 0 Å².